The number of nitrogens with one attached hydrogen (secondary N) is 1. The largest absolute Gasteiger partial charge is 0.497 e. The summed E-state index contributed by atoms with van der Waals surface area (Å²) >= 11 is 0. The molecule has 0 radical (unpaired) electrons. The second-order valence-electron chi connectivity index (χ2n) is 7.40. The number of carbonyl (C=O) groups excluding carboxylic acids is 1. The fourth-order valence-corrected chi connectivity index (χ4v) is 3.54. The van der Waals surface area contributed by atoms with Crippen LogP contribution in [0.15, 0.2) is 24.3 Å². The van der Waals surface area contributed by atoms with Crippen molar-refractivity contribution in [2.75, 3.05) is 7.11 Å². The van der Waals surface area contributed by atoms with Gasteiger partial charge in [-0.2, -0.15) is 0 Å². The van der Waals surface area contributed by atoms with Gasteiger partial charge in [0.25, 0.3) is 5.91 Å². The number of hydrogen-bond acceptors (Lipinski definition) is 3. The summed E-state index contributed by atoms with van der Waals surface area (Å²) in [6, 6.07) is 7.63. The molecule has 1 aliphatic rings. The minimum atomic E-state index is -0.496. The SMILES string of the molecule is COc1ccc(OC(C)C(=O)NC2CCCCCCCCCCC2)cc1. The molecule has 1 amide bonds. The van der Waals surface area contributed by atoms with Crippen LogP contribution in [0.25, 0.3) is 0 Å². The minimum absolute atomic E-state index is 0.0158. The van der Waals surface area contributed by atoms with Crippen LogP contribution in [0, 0.1) is 0 Å². The molecule has 1 aliphatic carbocycles. The molecule has 4 heteroatoms. The van der Waals surface area contributed by atoms with Crippen molar-refractivity contribution in [1.82, 2.24) is 5.32 Å². The van der Waals surface area contributed by atoms with Crippen molar-refractivity contribution in [2.45, 2.75) is 89.7 Å². The highest BCUT2D eigenvalue weighted by atomic mass is 16.5. The average Bonchev–Trinajstić information content (AvgIpc) is 2.64. The highest BCUT2D eigenvalue weighted by Crippen LogP contribution is 2.19. The lowest BCUT2D eigenvalue weighted by molar-refractivity contribution is -0.128. The van der Waals surface area contributed by atoms with Gasteiger partial charge in [-0.1, -0.05) is 57.8 Å². The molecule has 0 aliphatic heterocycles. The Labute approximate surface area is 158 Å². The van der Waals surface area contributed by atoms with Crippen molar-refractivity contribution in [2.24, 2.45) is 0 Å². The maximum atomic E-state index is 12.6. The van der Waals surface area contributed by atoms with Gasteiger partial charge < -0.3 is 14.8 Å². The third-order valence-electron chi connectivity index (χ3n) is 5.19. The fourth-order valence-electron chi connectivity index (χ4n) is 3.54. The molecular formula is C22H35NO3. The van der Waals surface area contributed by atoms with Crippen LogP contribution < -0.4 is 14.8 Å². The van der Waals surface area contributed by atoms with E-state index in [9.17, 15) is 4.79 Å². The Hall–Kier alpha value is -1.71. The lowest BCUT2D eigenvalue weighted by Gasteiger charge is -2.22. The van der Waals surface area contributed by atoms with Gasteiger partial charge in [-0.3, -0.25) is 4.79 Å². The molecular weight excluding hydrogens is 326 g/mol. The van der Waals surface area contributed by atoms with E-state index in [1.54, 1.807) is 7.11 Å². The maximum Gasteiger partial charge on any atom is 0.260 e. The molecule has 2 rings (SSSR count). The van der Waals surface area contributed by atoms with E-state index in [2.05, 4.69) is 5.32 Å². The third-order valence-corrected chi connectivity index (χ3v) is 5.19. The van der Waals surface area contributed by atoms with Crippen LogP contribution in [0.3, 0.4) is 0 Å². The first kappa shape index (κ1) is 20.6. The molecule has 1 aromatic rings. The molecule has 1 N–H and O–H groups in total. The summed E-state index contributed by atoms with van der Waals surface area (Å²) in [5.74, 6) is 1.45. The molecule has 1 aromatic carbocycles. The lowest BCUT2D eigenvalue weighted by Crippen LogP contribution is -2.42. The zero-order valence-corrected chi connectivity index (χ0v) is 16.5. The van der Waals surface area contributed by atoms with E-state index < -0.39 is 6.10 Å². The van der Waals surface area contributed by atoms with Gasteiger partial charge in [0.05, 0.1) is 7.11 Å². The third kappa shape index (κ3) is 7.67. The van der Waals surface area contributed by atoms with Crippen LogP contribution in [-0.2, 0) is 4.79 Å². The van der Waals surface area contributed by atoms with Gasteiger partial charge in [-0.15, -0.1) is 0 Å². The second kappa shape index (κ2) is 11.8. The molecule has 1 fully saturated rings. The van der Waals surface area contributed by atoms with Crippen molar-refractivity contribution < 1.29 is 14.3 Å². The Balaban J connectivity index is 1.81. The number of amides is 1. The smallest absolute Gasteiger partial charge is 0.260 e. The minimum Gasteiger partial charge on any atom is -0.497 e. The number of benzene rings is 1. The van der Waals surface area contributed by atoms with Gasteiger partial charge in [0, 0.05) is 6.04 Å². The van der Waals surface area contributed by atoms with Gasteiger partial charge in [-0.25, -0.2) is 0 Å². The molecule has 0 saturated heterocycles. The molecule has 146 valence electrons. The van der Waals surface area contributed by atoms with E-state index in [4.69, 9.17) is 9.47 Å². The molecule has 0 bridgehead atoms. The summed E-state index contributed by atoms with van der Waals surface area (Å²) < 4.78 is 10.9. The quantitative estimate of drug-likeness (QED) is 0.779. The van der Waals surface area contributed by atoms with E-state index in [0.29, 0.717) is 5.75 Å². The van der Waals surface area contributed by atoms with Crippen LogP contribution in [0.1, 0.15) is 77.6 Å². The summed E-state index contributed by atoms with van der Waals surface area (Å²) in [7, 11) is 1.63. The first-order chi connectivity index (χ1) is 12.7. The van der Waals surface area contributed by atoms with Crippen LogP contribution in [0.2, 0.25) is 0 Å². The monoisotopic (exact) mass is 361 g/mol. The van der Waals surface area contributed by atoms with Gasteiger partial charge in [0.1, 0.15) is 11.5 Å². The summed E-state index contributed by atoms with van der Waals surface area (Å²) in [6.45, 7) is 1.81. The molecule has 0 heterocycles. The summed E-state index contributed by atoms with van der Waals surface area (Å²) in [5, 5.41) is 3.22. The number of hydrogen-bond donors (Lipinski definition) is 1. The van der Waals surface area contributed by atoms with Crippen molar-refractivity contribution in [3.63, 3.8) is 0 Å². The van der Waals surface area contributed by atoms with E-state index in [1.165, 1.54) is 57.8 Å². The molecule has 1 unspecified atom stereocenters. The van der Waals surface area contributed by atoms with E-state index in [1.807, 2.05) is 31.2 Å². The Bertz CT molecular complexity index is 503. The predicted octanol–water partition coefficient (Wildman–Crippen LogP) is 5.25. The molecule has 0 aromatic heterocycles. The van der Waals surface area contributed by atoms with Crippen molar-refractivity contribution in [1.29, 1.82) is 0 Å². The van der Waals surface area contributed by atoms with Gasteiger partial charge in [0.2, 0.25) is 0 Å². The Kier molecular flexibility index (Phi) is 9.36. The Morgan fingerprint density at radius 1 is 0.885 bits per heavy atom. The highest BCUT2D eigenvalue weighted by Gasteiger charge is 2.19. The standard InChI is InChI=1S/C22H35NO3/c1-18(26-21-16-14-20(25-2)15-17-21)22(24)23-19-12-10-8-6-4-3-5-7-9-11-13-19/h14-19H,3-13H2,1-2H3,(H,23,24). The first-order valence-corrected chi connectivity index (χ1v) is 10.3. The highest BCUT2D eigenvalue weighted by molar-refractivity contribution is 5.81. The predicted molar refractivity (Wildman–Crippen MR) is 106 cm³/mol. The fraction of sp³-hybridized carbons (Fsp3) is 0.682. The number of methoxy groups -OCH3 is 1. The Morgan fingerprint density at radius 3 is 1.85 bits per heavy atom. The summed E-state index contributed by atoms with van der Waals surface area (Å²) in [5.41, 5.74) is 0. The molecule has 4 nitrogen and oxygen atoms in total. The molecule has 1 atom stereocenters. The van der Waals surface area contributed by atoms with E-state index in [0.717, 1.165) is 18.6 Å². The maximum absolute atomic E-state index is 12.6. The van der Waals surface area contributed by atoms with Gasteiger partial charge >= 0.3 is 0 Å². The average molecular weight is 362 g/mol. The number of rotatable bonds is 5. The lowest BCUT2D eigenvalue weighted by atomic mass is 9.98. The van der Waals surface area contributed by atoms with Crippen LogP contribution in [0.5, 0.6) is 11.5 Å². The van der Waals surface area contributed by atoms with E-state index in [-0.39, 0.29) is 11.9 Å². The zero-order chi connectivity index (χ0) is 18.6. The van der Waals surface area contributed by atoms with Gasteiger partial charge in [0.15, 0.2) is 6.10 Å². The topological polar surface area (TPSA) is 47.6 Å². The number of ether oxygens (including phenoxy) is 2. The Morgan fingerprint density at radius 2 is 1.35 bits per heavy atom. The molecule has 0 spiro atoms. The van der Waals surface area contributed by atoms with Crippen LogP contribution in [0.4, 0.5) is 0 Å². The summed E-state index contributed by atoms with van der Waals surface area (Å²) in [6.07, 6.45) is 13.4. The van der Waals surface area contributed by atoms with E-state index >= 15 is 0 Å². The van der Waals surface area contributed by atoms with Crippen molar-refractivity contribution in [3.05, 3.63) is 24.3 Å². The van der Waals surface area contributed by atoms with Crippen LogP contribution >= 0.6 is 0 Å². The molecule has 26 heavy (non-hydrogen) atoms. The second-order valence-corrected chi connectivity index (χ2v) is 7.40. The van der Waals surface area contributed by atoms with Crippen molar-refractivity contribution in [3.8, 4) is 11.5 Å². The normalized spacial score (nSPS) is 18.8. The van der Waals surface area contributed by atoms with Gasteiger partial charge in [-0.05, 0) is 44.0 Å². The van der Waals surface area contributed by atoms with Crippen LogP contribution in [-0.4, -0.2) is 25.2 Å². The zero-order valence-electron chi connectivity index (χ0n) is 16.5. The summed E-state index contributed by atoms with van der Waals surface area (Å²) in [4.78, 5) is 12.6. The number of carbonyl (C=O) groups is 1. The van der Waals surface area contributed by atoms with Crippen molar-refractivity contribution >= 4 is 5.91 Å². The molecule has 1 saturated carbocycles. The first-order valence-electron chi connectivity index (χ1n) is 10.3.